The lowest BCUT2D eigenvalue weighted by Gasteiger charge is -2.13. The van der Waals surface area contributed by atoms with Gasteiger partial charge < -0.3 is 10.2 Å². The summed E-state index contributed by atoms with van der Waals surface area (Å²) in [5.41, 5.74) is 4.61. The van der Waals surface area contributed by atoms with E-state index in [9.17, 15) is 0 Å². The second-order valence-corrected chi connectivity index (χ2v) is 4.52. The van der Waals surface area contributed by atoms with Crippen molar-refractivity contribution in [2.75, 3.05) is 26.0 Å². The van der Waals surface area contributed by atoms with E-state index in [1.807, 2.05) is 33.4 Å². The quantitative estimate of drug-likeness (QED) is 0.891. The predicted octanol–water partition coefficient (Wildman–Crippen LogP) is 2.53. The highest BCUT2D eigenvalue weighted by molar-refractivity contribution is 5.65. The Hall–Kier alpha value is -1.87. The van der Waals surface area contributed by atoms with E-state index in [0.29, 0.717) is 0 Å². The monoisotopic (exact) mass is 241 g/mol. The van der Waals surface area contributed by atoms with Crippen molar-refractivity contribution in [3.8, 4) is 11.3 Å². The molecule has 1 heterocycles. The summed E-state index contributed by atoms with van der Waals surface area (Å²) in [5, 5.41) is 3.16. The number of hydrogen-bond donors (Lipinski definition) is 1. The molecule has 0 atom stereocenters. The Morgan fingerprint density at radius 3 is 2.72 bits per heavy atom. The summed E-state index contributed by atoms with van der Waals surface area (Å²) in [6, 6.07) is 12.6. The highest BCUT2D eigenvalue weighted by Gasteiger charge is 2.03. The lowest BCUT2D eigenvalue weighted by atomic mass is 10.1. The predicted molar refractivity (Wildman–Crippen MR) is 76.8 cm³/mol. The molecule has 94 valence electrons. The largest absolute Gasteiger partial charge is 0.378 e. The van der Waals surface area contributed by atoms with Crippen molar-refractivity contribution in [3.05, 3.63) is 48.2 Å². The Morgan fingerprint density at radius 2 is 2.00 bits per heavy atom. The maximum absolute atomic E-state index is 4.45. The maximum atomic E-state index is 4.45. The summed E-state index contributed by atoms with van der Waals surface area (Å²) >= 11 is 0. The molecule has 1 N–H and O–H groups in total. The third kappa shape index (κ3) is 2.87. The lowest BCUT2D eigenvalue weighted by molar-refractivity contribution is 0.816. The van der Waals surface area contributed by atoms with Crippen molar-refractivity contribution in [1.82, 2.24) is 10.3 Å². The highest BCUT2D eigenvalue weighted by atomic mass is 15.1. The van der Waals surface area contributed by atoms with Gasteiger partial charge in [-0.3, -0.25) is 4.98 Å². The smallest absolute Gasteiger partial charge is 0.0705 e. The molecular weight excluding hydrogens is 222 g/mol. The van der Waals surface area contributed by atoms with Crippen LogP contribution in [0.15, 0.2) is 42.6 Å². The Balaban J connectivity index is 2.35. The van der Waals surface area contributed by atoms with Crippen molar-refractivity contribution < 1.29 is 0 Å². The fraction of sp³-hybridized carbons (Fsp3) is 0.267. The van der Waals surface area contributed by atoms with Crippen LogP contribution in [0.3, 0.4) is 0 Å². The summed E-state index contributed by atoms with van der Waals surface area (Å²) in [6.07, 6.45) is 1.87. The zero-order chi connectivity index (χ0) is 13.0. The number of nitrogens with one attached hydrogen (secondary N) is 1. The zero-order valence-electron chi connectivity index (χ0n) is 11.1. The molecule has 0 radical (unpaired) electrons. The number of hydrogen-bond acceptors (Lipinski definition) is 3. The Morgan fingerprint density at radius 1 is 1.17 bits per heavy atom. The highest BCUT2D eigenvalue weighted by Crippen LogP contribution is 2.22. The number of anilines is 1. The van der Waals surface area contributed by atoms with Gasteiger partial charge >= 0.3 is 0 Å². The molecule has 0 fully saturated rings. The number of aromatic nitrogens is 1. The van der Waals surface area contributed by atoms with Gasteiger partial charge in [0, 0.05) is 38.1 Å². The molecule has 1 aromatic carbocycles. The summed E-state index contributed by atoms with van der Waals surface area (Å²) in [7, 11) is 6.04. The van der Waals surface area contributed by atoms with Crippen LogP contribution < -0.4 is 10.2 Å². The van der Waals surface area contributed by atoms with Crippen LogP contribution in [-0.2, 0) is 6.54 Å². The van der Waals surface area contributed by atoms with Crippen LogP contribution in [0.1, 0.15) is 5.56 Å². The Kier molecular flexibility index (Phi) is 3.95. The van der Waals surface area contributed by atoms with Gasteiger partial charge in [0.05, 0.1) is 5.69 Å². The molecule has 0 saturated carbocycles. The summed E-state index contributed by atoms with van der Waals surface area (Å²) in [5.74, 6) is 0. The van der Waals surface area contributed by atoms with Gasteiger partial charge in [-0.1, -0.05) is 12.1 Å². The van der Waals surface area contributed by atoms with Crippen LogP contribution >= 0.6 is 0 Å². The number of rotatable bonds is 4. The minimum atomic E-state index is 0.864. The van der Waals surface area contributed by atoms with Crippen LogP contribution in [0.25, 0.3) is 11.3 Å². The molecule has 1 aromatic heterocycles. The molecule has 0 saturated heterocycles. The molecule has 0 amide bonds. The fourth-order valence-corrected chi connectivity index (χ4v) is 1.89. The van der Waals surface area contributed by atoms with E-state index in [1.54, 1.807) is 0 Å². The van der Waals surface area contributed by atoms with Crippen molar-refractivity contribution in [2.24, 2.45) is 0 Å². The standard InChI is InChI=1S/C15H19N3/c1-16-11-12-7-8-17-15(9-12)13-5-4-6-14(10-13)18(2)3/h4-10,16H,11H2,1-3H3. The van der Waals surface area contributed by atoms with Crippen LogP contribution in [0.2, 0.25) is 0 Å². The minimum Gasteiger partial charge on any atom is -0.378 e. The van der Waals surface area contributed by atoms with Crippen LogP contribution in [0.4, 0.5) is 5.69 Å². The van der Waals surface area contributed by atoms with Crippen LogP contribution in [-0.4, -0.2) is 26.1 Å². The van der Waals surface area contributed by atoms with Crippen molar-refractivity contribution in [3.63, 3.8) is 0 Å². The second kappa shape index (κ2) is 5.65. The van der Waals surface area contributed by atoms with Gasteiger partial charge in [-0.15, -0.1) is 0 Å². The van der Waals surface area contributed by atoms with E-state index < -0.39 is 0 Å². The van der Waals surface area contributed by atoms with Crippen LogP contribution in [0, 0.1) is 0 Å². The van der Waals surface area contributed by atoms with E-state index in [1.165, 1.54) is 11.3 Å². The van der Waals surface area contributed by atoms with E-state index in [0.717, 1.165) is 17.8 Å². The third-order valence-electron chi connectivity index (χ3n) is 2.86. The third-order valence-corrected chi connectivity index (χ3v) is 2.86. The first-order valence-corrected chi connectivity index (χ1v) is 6.08. The number of pyridine rings is 1. The average molecular weight is 241 g/mol. The molecule has 2 aromatic rings. The zero-order valence-corrected chi connectivity index (χ0v) is 11.1. The van der Waals surface area contributed by atoms with Crippen molar-refractivity contribution in [1.29, 1.82) is 0 Å². The van der Waals surface area contributed by atoms with Gasteiger partial charge in [-0.05, 0) is 36.9 Å². The van der Waals surface area contributed by atoms with Crippen LogP contribution in [0.5, 0.6) is 0 Å². The van der Waals surface area contributed by atoms with E-state index in [-0.39, 0.29) is 0 Å². The van der Waals surface area contributed by atoms with Crippen molar-refractivity contribution >= 4 is 5.69 Å². The van der Waals surface area contributed by atoms with Gasteiger partial charge in [0.2, 0.25) is 0 Å². The molecule has 0 bridgehead atoms. The molecule has 0 aliphatic carbocycles. The molecular formula is C15H19N3. The van der Waals surface area contributed by atoms with E-state index in [2.05, 4.69) is 45.5 Å². The fourth-order valence-electron chi connectivity index (χ4n) is 1.89. The average Bonchev–Trinajstić information content (AvgIpc) is 2.39. The van der Waals surface area contributed by atoms with Gasteiger partial charge in [0.25, 0.3) is 0 Å². The molecule has 0 aliphatic heterocycles. The molecule has 3 heteroatoms. The number of nitrogens with zero attached hydrogens (tertiary/aromatic N) is 2. The SMILES string of the molecule is CNCc1ccnc(-c2cccc(N(C)C)c2)c1. The molecule has 3 nitrogen and oxygen atoms in total. The second-order valence-electron chi connectivity index (χ2n) is 4.52. The summed E-state index contributed by atoms with van der Waals surface area (Å²) in [6.45, 7) is 0.864. The van der Waals surface area contributed by atoms with E-state index in [4.69, 9.17) is 0 Å². The van der Waals surface area contributed by atoms with Gasteiger partial charge in [-0.2, -0.15) is 0 Å². The van der Waals surface area contributed by atoms with Gasteiger partial charge in [-0.25, -0.2) is 0 Å². The molecule has 0 unspecified atom stereocenters. The summed E-state index contributed by atoms with van der Waals surface area (Å²) < 4.78 is 0. The Bertz CT molecular complexity index is 521. The summed E-state index contributed by atoms with van der Waals surface area (Å²) in [4.78, 5) is 6.54. The first-order valence-electron chi connectivity index (χ1n) is 6.08. The first-order chi connectivity index (χ1) is 8.70. The molecule has 0 spiro atoms. The van der Waals surface area contributed by atoms with Gasteiger partial charge in [0.15, 0.2) is 0 Å². The normalized spacial score (nSPS) is 10.4. The van der Waals surface area contributed by atoms with E-state index >= 15 is 0 Å². The Labute approximate surface area is 108 Å². The van der Waals surface area contributed by atoms with Crippen molar-refractivity contribution in [2.45, 2.75) is 6.54 Å². The molecule has 0 aliphatic rings. The maximum Gasteiger partial charge on any atom is 0.0705 e. The topological polar surface area (TPSA) is 28.2 Å². The van der Waals surface area contributed by atoms with Gasteiger partial charge in [0.1, 0.15) is 0 Å². The molecule has 2 rings (SSSR count). The number of benzene rings is 1. The minimum absolute atomic E-state index is 0.864. The first kappa shape index (κ1) is 12.6. The molecule has 18 heavy (non-hydrogen) atoms. The lowest BCUT2D eigenvalue weighted by Crippen LogP contribution is -2.08.